The molecule has 120 valence electrons. The van der Waals surface area contributed by atoms with Gasteiger partial charge in [0.1, 0.15) is 5.75 Å². The smallest absolute Gasteiger partial charge is 0.142 e. The van der Waals surface area contributed by atoms with Crippen LogP contribution in [0.1, 0.15) is 12.0 Å². The lowest BCUT2D eigenvalue weighted by Gasteiger charge is -2.15. The Hall–Kier alpha value is -0.520. The van der Waals surface area contributed by atoms with Gasteiger partial charge in [0.25, 0.3) is 0 Å². The molecule has 1 rings (SSSR count). The molecule has 0 fully saturated rings. The molecular weight excluding hydrogens is 311 g/mol. The fraction of sp³-hybridized carbons (Fsp3) is 0.600. The van der Waals surface area contributed by atoms with Crippen molar-refractivity contribution in [3.63, 3.8) is 0 Å². The predicted octanol–water partition coefficient (Wildman–Crippen LogP) is 3.06. The predicted molar refractivity (Wildman–Crippen MR) is 88.7 cm³/mol. The average molecular weight is 335 g/mol. The molecule has 0 amide bonds. The van der Waals surface area contributed by atoms with Gasteiger partial charge in [-0.2, -0.15) is 0 Å². The molecule has 0 aromatic heterocycles. The highest BCUT2D eigenvalue weighted by molar-refractivity contribution is 6.35. The summed E-state index contributed by atoms with van der Waals surface area (Å²) in [5.41, 5.74) is 0.966. The summed E-state index contributed by atoms with van der Waals surface area (Å²) in [6.45, 7) is 3.68. The van der Waals surface area contributed by atoms with Crippen molar-refractivity contribution in [3.05, 3.63) is 27.7 Å². The van der Waals surface area contributed by atoms with Crippen LogP contribution < -0.4 is 10.1 Å². The molecule has 21 heavy (non-hydrogen) atoms. The summed E-state index contributed by atoms with van der Waals surface area (Å²) in [4.78, 5) is 2.13. The van der Waals surface area contributed by atoms with Gasteiger partial charge < -0.3 is 19.7 Å². The Morgan fingerprint density at radius 2 is 1.95 bits per heavy atom. The van der Waals surface area contributed by atoms with Crippen molar-refractivity contribution in [2.75, 3.05) is 47.5 Å². The molecule has 0 saturated heterocycles. The lowest BCUT2D eigenvalue weighted by Crippen LogP contribution is -2.19. The van der Waals surface area contributed by atoms with Gasteiger partial charge in [-0.3, -0.25) is 0 Å². The van der Waals surface area contributed by atoms with Gasteiger partial charge >= 0.3 is 0 Å². The highest BCUT2D eigenvalue weighted by Crippen LogP contribution is 2.32. The van der Waals surface area contributed by atoms with E-state index in [9.17, 15) is 0 Å². The van der Waals surface area contributed by atoms with E-state index in [4.69, 9.17) is 32.7 Å². The first-order valence-electron chi connectivity index (χ1n) is 6.99. The summed E-state index contributed by atoms with van der Waals surface area (Å²) in [5.74, 6) is 0.713. The summed E-state index contributed by atoms with van der Waals surface area (Å²) in [7, 11) is 5.76. The maximum Gasteiger partial charge on any atom is 0.142 e. The van der Waals surface area contributed by atoms with Crippen LogP contribution in [0.4, 0.5) is 0 Å². The van der Waals surface area contributed by atoms with Crippen molar-refractivity contribution >= 4 is 23.2 Å². The van der Waals surface area contributed by atoms with Gasteiger partial charge in [-0.15, -0.1) is 0 Å². The van der Waals surface area contributed by atoms with Crippen LogP contribution in [0.15, 0.2) is 12.1 Å². The highest BCUT2D eigenvalue weighted by atomic mass is 35.5. The molecule has 0 atom stereocenters. The van der Waals surface area contributed by atoms with E-state index in [1.54, 1.807) is 13.2 Å². The number of benzene rings is 1. The number of rotatable bonds is 10. The Kier molecular flexibility index (Phi) is 9.04. The maximum atomic E-state index is 6.24. The Morgan fingerprint density at radius 1 is 1.19 bits per heavy atom. The summed E-state index contributed by atoms with van der Waals surface area (Å²) in [6, 6.07) is 3.59. The van der Waals surface area contributed by atoms with Crippen molar-refractivity contribution < 1.29 is 9.47 Å². The average Bonchev–Trinajstić information content (AvgIpc) is 2.41. The second-order valence-corrected chi connectivity index (χ2v) is 5.89. The molecule has 0 heterocycles. The minimum absolute atomic E-state index is 0.552. The van der Waals surface area contributed by atoms with E-state index < -0.39 is 0 Å². The zero-order valence-electron chi connectivity index (χ0n) is 12.9. The molecule has 0 spiro atoms. The minimum atomic E-state index is 0.552. The largest absolute Gasteiger partial charge is 0.492 e. The van der Waals surface area contributed by atoms with Crippen LogP contribution in [0.2, 0.25) is 10.0 Å². The van der Waals surface area contributed by atoms with E-state index in [2.05, 4.69) is 10.2 Å². The van der Waals surface area contributed by atoms with E-state index in [-0.39, 0.29) is 0 Å². The Labute approximate surface area is 137 Å². The number of hydrogen-bond donors (Lipinski definition) is 1. The third-order valence-electron chi connectivity index (χ3n) is 2.88. The number of methoxy groups -OCH3 is 1. The molecule has 0 aliphatic carbocycles. The minimum Gasteiger partial charge on any atom is -0.492 e. The Morgan fingerprint density at radius 3 is 2.62 bits per heavy atom. The normalized spacial score (nSPS) is 11.1. The molecule has 1 N–H and O–H groups in total. The lowest BCUT2D eigenvalue weighted by atomic mass is 10.2. The van der Waals surface area contributed by atoms with Crippen LogP contribution in [0.3, 0.4) is 0 Å². The molecule has 0 saturated carbocycles. The van der Waals surface area contributed by atoms with Crippen molar-refractivity contribution in [1.29, 1.82) is 0 Å². The Balaban J connectivity index is 2.62. The second-order valence-electron chi connectivity index (χ2n) is 5.05. The molecule has 4 nitrogen and oxygen atoms in total. The van der Waals surface area contributed by atoms with Gasteiger partial charge in [-0.25, -0.2) is 0 Å². The van der Waals surface area contributed by atoms with Crippen LogP contribution in [0.5, 0.6) is 5.75 Å². The molecule has 1 aromatic carbocycles. The molecule has 0 aliphatic rings. The second kappa shape index (κ2) is 10.2. The fourth-order valence-electron chi connectivity index (χ4n) is 1.86. The van der Waals surface area contributed by atoms with E-state index in [1.807, 2.05) is 20.2 Å². The molecule has 0 bridgehead atoms. The standard InChI is InChI=1S/C15H24Cl2N2O2/c1-19(2)6-4-7-21-15-12(11-18-5-8-20-3)9-13(16)10-14(15)17/h9-10,18H,4-8,11H2,1-3H3. The quantitative estimate of drug-likeness (QED) is 0.667. The molecule has 0 aliphatic heterocycles. The number of halogens is 2. The van der Waals surface area contributed by atoms with Crippen LogP contribution in [-0.2, 0) is 11.3 Å². The van der Waals surface area contributed by atoms with Gasteiger partial charge in [0.15, 0.2) is 0 Å². The van der Waals surface area contributed by atoms with Gasteiger partial charge in [0.05, 0.1) is 18.2 Å². The number of nitrogens with one attached hydrogen (secondary N) is 1. The summed E-state index contributed by atoms with van der Waals surface area (Å²) >= 11 is 12.3. The lowest BCUT2D eigenvalue weighted by molar-refractivity contribution is 0.199. The number of ether oxygens (including phenoxy) is 2. The molecular formula is C15H24Cl2N2O2. The fourth-order valence-corrected chi connectivity index (χ4v) is 2.45. The molecule has 1 aromatic rings. The third-order valence-corrected chi connectivity index (χ3v) is 3.38. The number of hydrogen-bond acceptors (Lipinski definition) is 4. The molecule has 0 unspecified atom stereocenters. The summed E-state index contributed by atoms with van der Waals surface area (Å²) < 4.78 is 10.9. The van der Waals surface area contributed by atoms with Crippen LogP contribution in [0, 0.1) is 0 Å². The monoisotopic (exact) mass is 334 g/mol. The van der Waals surface area contributed by atoms with Gasteiger partial charge in [0.2, 0.25) is 0 Å². The van der Waals surface area contributed by atoms with E-state index >= 15 is 0 Å². The highest BCUT2D eigenvalue weighted by Gasteiger charge is 2.10. The van der Waals surface area contributed by atoms with E-state index in [0.29, 0.717) is 35.6 Å². The zero-order valence-corrected chi connectivity index (χ0v) is 14.4. The summed E-state index contributed by atoms with van der Waals surface area (Å²) in [6.07, 6.45) is 0.947. The first-order chi connectivity index (χ1) is 10.0. The zero-order chi connectivity index (χ0) is 15.7. The molecule has 6 heteroatoms. The molecule has 0 radical (unpaired) electrons. The maximum absolute atomic E-state index is 6.24. The Bertz CT molecular complexity index is 428. The van der Waals surface area contributed by atoms with E-state index in [0.717, 1.165) is 25.1 Å². The van der Waals surface area contributed by atoms with Gasteiger partial charge in [-0.1, -0.05) is 23.2 Å². The summed E-state index contributed by atoms with van der Waals surface area (Å²) in [5, 5.41) is 4.44. The van der Waals surface area contributed by atoms with Crippen LogP contribution in [-0.4, -0.2) is 52.4 Å². The van der Waals surface area contributed by atoms with Crippen molar-refractivity contribution in [2.45, 2.75) is 13.0 Å². The number of nitrogens with zero attached hydrogens (tertiary/aromatic N) is 1. The third kappa shape index (κ3) is 7.34. The van der Waals surface area contributed by atoms with Gasteiger partial charge in [-0.05, 0) is 32.6 Å². The van der Waals surface area contributed by atoms with Crippen molar-refractivity contribution in [2.24, 2.45) is 0 Å². The van der Waals surface area contributed by atoms with Gasteiger partial charge in [0, 0.05) is 37.3 Å². The first-order valence-corrected chi connectivity index (χ1v) is 7.75. The first kappa shape index (κ1) is 18.5. The van der Waals surface area contributed by atoms with Crippen LogP contribution in [0.25, 0.3) is 0 Å². The van der Waals surface area contributed by atoms with Crippen molar-refractivity contribution in [3.8, 4) is 5.75 Å². The SMILES string of the molecule is COCCNCc1cc(Cl)cc(Cl)c1OCCCN(C)C. The topological polar surface area (TPSA) is 33.7 Å². The van der Waals surface area contributed by atoms with E-state index in [1.165, 1.54) is 0 Å². The van der Waals surface area contributed by atoms with Crippen molar-refractivity contribution in [1.82, 2.24) is 10.2 Å². The van der Waals surface area contributed by atoms with Crippen LogP contribution >= 0.6 is 23.2 Å².